The lowest BCUT2D eigenvalue weighted by Gasteiger charge is -2.24. The minimum atomic E-state index is -0.471. The van der Waals surface area contributed by atoms with Gasteiger partial charge in [-0.1, -0.05) is 6.07 Å². The number of hydrogen-bond acceptors (Lipinski definition) is 6. The summed E-state index contributed by atoms with van der Waals surface area (Å²) in [6.07, 6.45) is 1.50. The van der Waals surface area contributed by atoms with Crippen LogP contribution in [0.2, 0.25) is 0 Å². The predicted molar refractivity (Wildman–Crippen MR) is 94.3 cm³/mol. The Morgan fingerprint density at radius 2 is 2.20 bits per heavy atom. The lowest BCUT2D eigenvalue weighted by Crippen LogP contribution is -2.40. The zero-order valence-corrected chi connectivity index (χ0v) is 14.5. The Morgan fingerprint density at radius 1 is 1.40 bits per heavy atom. The molecule has 1 aliphatic heterocycles. The van der Waals surface area contributed by atoms with Gasteiger partial charge in [-0.3, -0.25) is 14.4 Å². The second-order valence-corrected chi connectivity index (χ2v) is 6.36. The van der Waals surface area contributed by atoms with E-state index in [9.17, 15) is 14.4 Å². The van der Waals surface area contributed by atoms with E-state index in [1.165, 1.54) is 30.0 Å². The van der Waals surface area contributed by atoms with E-state index in [-0.39, 0.29) is 23.9 Å². The van der Waals surface area contributed by atoms with E-state index < -0.39 is 11.5 Å². The van der Waals surface area contributed by atoms with Crippen LogP contribution in [-0.4, -0.2) is 41.5 Å². The molecule has 0 unspecified atom stereocenters. The fourth-order valence-corrected chi connectivity index (χ4v) is 3.34. The highest BCUT2D eigenvalue weighted by Gasteiger charge is 2.26. The number of carbonyl (C=O) groups is 2. The molecule has 25 heavy (non-hydrogen) atoms. The Labute approximate surface area is 147 Å². The van der Waals surface area contributed by atoms with E-state index in [1.54, 1.807) is 31.3 Å². The maximum absolute atomic E-state index is 12.6. The van der Waals surface area contributed by atoms with Gasteiger partial charge in [0.1, 0.15) is 18.0 Å². The minimum Gasteiger partial charge on any atom is -0.497 e. The molecular weight excluding hydrogens is 344 g/mol. The summed E-state index contributed by atoms with van der Waals surface area (Å²) in [6.45, 7) is -0.254. The van der Waals surface area contributed by atoms with Gasteiger partial charge in [-0.05, 0) is 12.1 Å². The molecule has 130 valence electrons. The number of carbonyl (C=O) groups excluding carboxylic acids is 2. The number of ether oxygens (including phenoxy) is 1. The Kier molecular flexibility index (Phi) is 4.75. The molecule has 0 aliphatic carbocycles. The molecule has 8 nitrogen and oxygen atoms in total. The Balaban J connectivity index is 1.80. The number of nitrogens with zero attached hydrogens (tertiary/aromatic N) is 3. The van der Waals surface area contributed by atoms with Crippen LogP contribution in [0.5, 0.6) is 5.75 Å². The van der Waals surface area contributed by atoms with Crippen LogP contribution in [0.15, 0.2) is 40.2 Å². The van der Waals surface area contributed by atoms with Crippen LogP contribution in [0.25, 0.3) is 0 Å². The number of anilines is 2. The molecule has 1 aromatic heterocycles. The Morgan fingerprint density at radius 3 is 2.96 bits per heavy atom. The molecule has 0 bridgehead atoms. The highest BCUT2D eigenvalue weighted by molar-refractivity contribution is 8.00. The maximum atomic E-state index is 12.6. The van der Waals surface area contributed by atoms with Crippen LogP contribution in [0.3, 0.4) is 0 Å². The van der Waals surface area contributed by atoms with E-state index in [4.69, 9.17) is 4.74 Å². The van der Waals surface area contributed by atoms with Gasteiger partial charge in [-0.15, -0.1) is 11.8 Å². The first-order valence-corrected chi connectivity index (χ1v) is 8.41. The fourth-order valence-electron chi connectivity index (χ4n) is 2.39. The van der Waals surface area contributed by atoms with Gasteiger partial charge in [-0.25, -0.2) is 4.68 Å². The van der Waals surface area contributed by atoms with Crippen molar-refractivity contribution >= 4 is 35.0 Å². The number of rotatable bonds is 4. The molecule has 0 saturated heterocycles. The van der Waals surface area contributed by atoms with Crippen molar-refractivity contribution in [3.8, 4) is 5.75 Å². The molecule has 0 spiro atoms. The second kappa shape index (κ2) is 6.98. The van der Waals surface area contributed by atoms with Crippen LogP contribution < -0.4 is 20.5 Å². The molecule has 1 N–H and O–H groups in total. The van der Waals surface area contributed by atoms with Crippen LogP contribution in [0, 0.1) is 0 Å². The Hall–Kier alpha value is -2.81. The third kappa shape index (κ3) is 3.50. The number of methoxy groups -OCH3 is 1. The Bertz CT molecular complexity index is 896. The molecule has 0 radical (unpaired) electrons. The summed E-state index contributed by atoms with van der Waals surface area (Å²) in [4.78, 5) is 38.5. The van der Waals surface area contributed by atoms with Gasteiger partial charge in [0.25, 0.3) is 5.56 Å². The van der Waals surface area contributed by atoms with Crippen LogP contribution >= 0.6 is 11.8 Å². The van der Waals surface area contributed by atoms with Gasteiger partial charge in [0.05, 0.1) is 24.0 Å². The largest absolute Gasteiger partial charge is 0.497 e. The molecule has 2 heterocycles. The van der Waals surface area contributed by atoms with Crippen LogP contribution in [-0.2, 0) is 16.1 Å². The lowest BCUT2D eigenvalue weighted by atomic mass is 10.3. The molecule has 9 heteroatoms. The molecule has 2 aromatic rings. The van der Waals surface area contributed by atoms with E-state index in [1.807, 2.05) is 0 Å². The summed E-state index contributed by atoms with van der Waals surface area (Å²) in [5.41, 5.74) is 0.338. The lowest BCUT2D eigenvalue weighted by molar-refractivity contribution is -0.117. The monoisotopic (exact) mass is 360 g/mol. The van der Waals surface area contributed by atoms with Gasteiger partial charge in [0, 0.05) is 18.8 Å². The normalized spacial score (nSPS) is 13.4. The van der Waals surface area contributed by atoms with Gasteiger partial charge >= 0.3 is 0 Å². The average molecular weight is 360 g/mol. The van der Waals surface area contributed by atoms with Crippen molar-refractivity contribution < 1.29 is 14.3 Å². The van der Waals surface area contributed by atoms with Crippen molar-refractivity contribution in [2.24, 2.45) is 0 Å². The highest BCUT2D eigenvalue weighted by Crippen LogP contribution is 2.30. The van der Waals surface area contributed by atoms with E-state index in [0.29, 0.717) is 16.3 Å². The number of hydrogen-bond donors (Lipinski definition) is 1. The molecule has 1 aromatic carbocycles. The third-order valence-electron chi connectivity index (χ3n) is 3.69. The summed E-state index contributed by atoms with van der Waals surface area (Å²) >= 11 is 1.27. The SMILES string of the molecule is COc1cccc(NC(=O)Cn2ncc3c(c2=O)N(C)C(=O)CS3)c1. The number of thioether (sulfide) groups is 1. The summed E-state index contributed by atoms with van der Waals surface area (Å²) in [5, 5.41) is 6.71. The smallest absolute Gasteiger partial charge is 0.292 e. The molecule has 0 atom stereocenters. The number of nitrogens with one attached hydrogen (secondary N) is 1. The summed E-state index contributed by atoms with van der Waals surface area (Å²) < 4.78 is 6.14. The first-order chi connectivity index (χ1) is 12.0. The summed E-state index contributed by atoms with van der Waals surface area (Å²) in [5.74, 6) is 0.317. The third-order valence-corrected chi connectivity index (χ3v) is 4.69. The number of benzene rings is 1. The molecule has 0 saturated carbocycles. The van der Waals surface area contributed by atoms with Crippen molar-refractivity contribution in [1.29, 1.82) is 0 Å². The van der Waals surface area contributed by atoms with E-state index in [0.717, 1.165) is 4.68 Å². The zero-order chi connectivity index (χ0) is 18.0. The molecule has 2 amide bonds. The highest BCUT2D eigenvalue weighted by atomic mass is 32.2. The van der Waals surface area contributed by atoms with E-state index >= 15 is 0 Å². The zero-order valence-electron chi connectivity index (χ0n) is 13.7. The van der Waals surface area contributed by atoms with E-state index in [2.05, 4.69) is 10.4 Å². The number of amides is 2. The van der Waals surface area contributed by atoms with Crippen molar-refractivity contribution in [2.75, 3.05) is 30.1 Å². The number of fused-ring (bicyclic) bond motifs is 1. The summed E-state index contributed by atoms with van der Waals surface area (Å²) in [6, 6.07) is 6.89. The quantitative estimate of drug-likeness (QED) is 0.873. The predicted octanol–water partition coefficient (Wildman–Crippen LogP) is 0.959. The van der Waals surface area contributed by atoms with Crippen molar-refractivity contribution in [3.05, 3.63) is 40.8 Å². The number of aromatic nitrogens is 2. The van der Waals surface area contributed by atoms with Crippen molar-refractivity contribution in [2.45, 2.75) is 11.4 Å². The minimum absolute atomic E-state index is 0.159. The van der Waals surface area contributed by atoms with Crippen molar-refractivity contribution in [3.63, 3.8) is 0 Å². The van der Waals surface area contributed by atoms with Crippen molar-refractivity contribution in [1.82, 2.24) is 9.78 Å². The van der Waals surface area contributed by atoms with Gasteiger partial charge < -0.3 is 15.0 Å². The summed E-state index contributed by atoms with van der Waals surface area (Å²) in [7, 11) is 3.08. The fraction of sp³-hybridized carbons (Fsp3) is 0.250. The van der Waals surface area contributed by atoms with Gasteiger partial charge in [0.2, 0.25) is 11.8 Å². The molecule has 3 rings (SSSR count). The van der Waals surface area contributed by atoms with Gasteiger partial charge in [-0.2, -0.15) is 5.10 Å². The maximum Gasteiger partial charge on any atom is 0.292 e. The molecule has 0 fully saturated rings. The first kappa shape index (κ1) is 17.0. The first-order valence-electron chi connectivity index (χ1n) is 7.43. The standard InChI is InChI=1S/C16H16N4O4S/c1-19-14(22)9-25-12-7-17-20(16(23)15(12)19)8-13(21)18-10-4-3-5-11(6-10)24-2/h3-7H,8-9H2,1-2H3,(H,18,21). The average Bonchev–Trinajstić information content (AvgIpc) is 2.60. The second-order valence-electron chi connectivity index (χ2n) is 5.34. The molecular formula is C16H16N4O4S. The van der Waals surface area contributed by atoms with Crippen LogP contribution in [0.1, 0.15) is 0 Å². The topological polar surface area (TPSA) is 93.5 Å². The van der Waals surface area contributed by atoms with Gasteiger partial charge in [0.15, 0.2) is 0 Å². The molecule has 1 aliphatic rings. The van der Waals surface area contributed by atoms with Crippen LogP contribution in [0.4, 0.5) is 11.4 Å².